The van der Waals surface area contributed by atoms with E-state index in [1.165, 1.54) is 36.6 Å². The van der Waals surface area contributed by atoms with Crippen molar-refractivity contribution < 1.29 is 26.4 Å². The second kappa shape index (κ2) is 12.4. The van der Waals surface area contributed by atoms with Gasteiger partial charge in [0.05, 0.1) is 9.79 Å². The van der Waals surface area contributed by atoms with Gasteiger partial charge in [-0.15, -0.1) is 6.58 Å². The van der Waals surface area contributed by atoms with Gasteiger partial charge in [-0.05, 0) is 68.4 Å². The van der Waals surface area contributed by atoms with Gasteiger partial charge in [0.1, 0.15) is 0 Å². The molecule has 2 aliphatic rings. The topological polar surface area (TPSA) is 124 Å². The van der Waals surface area contributed by atoms with Crippen LogP contribution in [0.1, 0.15) is 26.7 Å². The predicted octanol–water partition coefficient (Wildman–Crippen LogP) is 2.83. The van der Waals surface area contributed by atoms with Crippen LogP contribution in [0.4, 0.5) is 11.4 Å². The third-order valence-electron chi connectivity index (χ3n) is 6.92. The third-order valence-corrected chi connectivity index (χ3v) is 10.2. The predicted molar refractivity (Wildman–Crippen MR) is 151 cm³/mol. The van der Waals surface area contributed by atoms with Crippen LogP contribution in [-0.2, 0) is 29.6 Å². The van der Waals surface area contributed by atoms with Crippen molar-refractivity contribution >= 4 is 43.2 Å². The lowest BCUT2D eigenvalue weighted by Crippen LogP contribution is -2.28. The van der Waals surface area contributed by atoms with Crippen molar-refractivity contribution in [3.63, 3.8) is 0 Å². The molecule has 2 amide bonds. The Morgan fingerprint density at radius 2 is 1.26 bits per heavy atom. The summed E-state index contributed by atoms with van der Waals surface area (Å²) in [6.07, 6.45) is 3.21. The van der Waals surface area contributed by atoms with Crippen molar-refractivity contribution in [2.45, 2.75) is 36.5 Å². The number of carbonyl (C=O) groups is 2. The zero-order chi connectivity index (χ0) is 29.0. The molecule has 0 saturated carbocycles. The molecule has 2 heterocycles. The number of benzene rings is 2. The number of amides is 2. The fourth-order valence-corrected chi connectivity index (χ4v) is 6.21. The maximum atomic E-state index is 12.3. The molecule has 0 radical (unpaired) electrons. The van der Waals surface area contributed by atoms with Crippen LogP contribution in [0.25, 0.3) is 0 Å². The van der Waals surface area contributed by atoms with Gasteiger partial charge in [-0.2, -0.15) is 4.31 Å². The molecule has 0 unspecified atom stereocenters. The summed E-state index contributed by atoms with van der Waals surface area (Å²) in [5.74, 6) is 0.270. The number of sulfonamides is 2. The number of hydrogen-bond donors (Lipinski definition) is 1. The Morgan fingerprint density at radius 3 is 1.59 bits per heavy atom. The van der Waals surface area contributed by atoms with Gasteiger partial charge in [0.2, 0.25) is 31.9 Å². The largest absolute Gasteiger partial charge is 0.312 e. The van der Waals surface area contributed by atoms with Gasteiger partial charge in [0.25, 0.3) is 0 Å². The number of nitrogens with zero attached hydrogens (tertiary/aromatic N) is 3. The second-order valence-corrected chi connectivity index (χ2v) is 13.6. The summed E-state index contributed by atoms with van der Waals surface area (Å²) in [6, 6.07) is 12.8. The molecule has 2 aliphatic heterocycles. The third kappa shape index (κ3) is 6.75. The van der Waals surface area contributed by atoms with E-state index in [1.807, 2.05) is 13.8 Å². The van der Waals surface area contributed by atoms with Gasteiger partial charge >= 0.3 is 0 Å². The molecular formula is C27H36N4O6S2. The Labute approximate surface area is 231 Å². The molecule has 10 nitrogen and oxygen atoms in total. The maximum Gasteiger partial charge on any atom is 0.243 e. The van der Waals surface area contributed by atoms with E-state index >= 15 is 0 Å². The van der Waals surface area contributed by atoms with Crippen molar-refractivity contribution in [1.82, 2.24) is 9.03 Å². The molecule has 39 heavy (non-hydrogen) atoms. The Hall–Kier alpha value is -3.06. The van der Waals surface area contributed by atoms with Crippen molar-refractivity contribution in [1.29, 1.82) is 0 Å². The van der Waals surface area contributed by atoms with E-state index in [0.717, 1.165) is 24.2 Å². The van der Waals surface area contributed by atoms with E-state index in [0.29, 0.717) is 13.1 Å². The van der Waals surface area contributed by atoms with E-state index in [1.54, 1.807) is 46.2 Å². The normalized spacial score (nSPS) is 19.8. The van der Waals surface area contributed by atoms with Crippen LogP contribution < -0.4 is 14.5 Å². The van der Waals surface area contributed by atoms with Crippen LogP contribution in [0, 0.1) is 11.8 Å². The fourth-order valence-electron chi connectivity index (χ4n) is 4.34. The smallest absolute Gasteiger partial charge is 0.243 e. The Kier molecular flexibility index (Phi) is 9.70. The summed E-state index contributed by atoms with van der Waals surface area (Å²) in [4.78, 5) is 27.6. The molecule has 2 aromatic rings. The molecule has 0 bridgehead atoms. The molecule has 2 aromatic carbocycles. The molecule has 0 spiro atoms. The molecular weight excluding hydrogens is 540 g/mol. The SMILES string of the molecule is C=CCN(C)S(=O)(=O)c1ccc(N2CC[C@H](C)C2=O)cc1.CNS(=O)(=O)c1ccc(N2CC[C@H](C)C2=O)cc1. The first-order chi connectivity index (χ1) is 18.3. The lowest BCUT2D eigenvalue weighted by Gasteiger charge is -2.18. The van der Waals surface area contributed by atoms with Crippen LogP contribution in [0.3, 0.4) is 0 Å². The van der Waals surface area contributed by atoms with E-state index < -0.39 is 20.0 Å². The minimum absolute atomic E-state index is 0.0344. The average Bonchev–Trinajstić information content (AvgIpc) is 3.44. The minimum atomic E-state index is -3.51. The highest BCUT2D eigenvalue weighted by atomic mass is 32.2. The summed E-state index contributed by atoms with van der Waals surface area (Å²) < 4.78 is 51.1. The molecule has 1 N–H and O–H groups in total. The number of likely N-dealkylation sites (N-methyl/N-ethyl adjacent to an activating group) is 1. The van der Waals surface area contributed by atoms with E-state index in [2.05, 4.69) is 11.3 Å². The molecule has 2 fully saturated rings. The van der Waals surface area contributed by atoms with Gasteiger partial charge in [-0.3, -0.25) is 9.59 Å². The van der Waals surface area contributed by atoms with Gasteiger partial charge in [0, 0.05) is 49.9 Å². The molecule has 212 valence electrons. The number of rotatable bonds is 8. The quantitative estimate of drug-likeness (QED) is 0.482. The van der Waals surface area contributed by atoms with E-state index in [4.69, 9.17) is 0 Å². The number of hydrogen-bond acceptors (Lipinski definition) is 6. The molecule has 0 aromatic heterocycles. The van der Waals surface area contributed by atoms with Crippen LogP contribution >= 0.6 is 0 Å². The molecule has 2 atom stereocenters. The highest BCUT2D eigenvalue weighted by molar-refractivity contribution is 7.89. The summed E-state index contributed by atoms with van der Waals surface area (Å²) in [6.45, 7) is 8.98. The standard InChI is InChI=1S/C15H20N2O3S.C12H16N2O3S/c1-4-10-16(3)21(19,20)14-7-5-13(6-8-14)17-11-9-12(2)15(17)18;1-9-7-8-14(12(9)15)10-3-5-11(6-4-10)18(16,17)13-2/h4-8,12H,1,9-11H2,2-3H3;3-6,9,13H,7-8H2,1-2H3/t12-;9-/m00/s1. The highest BCUT2D eigenvalue weighted by Crippen LogP contribution is 2.27. The molecule has 0 aliphatic carbocycles. The van der Waals surface area contributed by atoms with E-state index in [9.17, 15) is 26.4 Å². The average molecular weight is 577 g/mol. The number of carbonyl (C=O) groups excluding carboxylic acids is 2. The lowest BCUT2D eigenvalue weighted by molar-refractivity contribution is -0.120. The Balaban J connectivity index is 0.000000218. The highest BCUT2D eigenvalue weighted by Gasteiger charge is 2.30. The maximum absolute atomic E-state index is 12.3. The van der Waals surface area contributed by atoms with E-state index in [-0.39, 0.29) is 40.0 Å². The first kappa shape index (κ1) is 30.5. The van der Waals surface area contributed by atoms with Crippen LogP contribution in [0.2, 0.25) is 0 Å². The van der Waals surface area contributed by atoms with Gasteiger partial charge in [-0.1, -0.05) is 19.9 Å². The zero-order valence-corrected chi connectivity index (χ0v) is 24.3. The summed E-state index contributed by atoms with van der Waals surface area (Å²) in [5, 5.41) is 0. The fraction of sp³-hybridized carbons (Fsp3) is 0.407. The van der Waals surface area contributed by atoms with Crippen molar-refractivity contribution in [2.24, 2.45) is 11.8 Å². The molecule has 12 heteroatoms. The van der Waals surface area contributed by atoms with Crippen LogP contribution in [0.15, 0.2) is 71.0 Å². The Morgan fingerprint density at radius 1 is 0.846 bits per heavy atom. The van der Waals surface area contributed by atoms with Gasteiger partial charge < -0.3 is 9.80 Å². The van der Waals surface area contributed by atoms with Crippen LogP contribution in [0.5, 0.6) is 0 Å². The zero-order valence-electron chi connectivity index (χ0n) is 22.7. The summed E-state index contributed by atoms with van der Waals surface area (Å²) >= 11 is 0. The second-order valence-electron chi connectivity index (χ2n) is 9.63. The van der Waals surface area contributed by atoms with Gasteiger partial charge in [0.15, 0.2) is 0 Å². The lowest BCUT2D eigenvalue weighted by atomic mass is 10.1. The molecule has 4 rings (SSSR count). The molecule has 2 saturated heterocycles. The van der Waals surface area contributed by atoms with Crippen molar-refractivity contribution in [3.8, 4) is 0 Å². The minimum Gasteiger partial charge on any atom is -0.312 e. The first-order valence-corrected chi connectivity index (χ1v) is 15.6. The number of nitrogens with one attached hydrogen (secondary N) is 1. The van der Waals surface area contributed by atoms with Gasteiger partial charge in [-0.25, -0.2) is 21.6 Å². The summed E-state index contributed by atoms with van der Waals surface area (Å²) in [7, 11) is -4.04. The summed E-state index contributed by atoms with van der Waals surface area (Å²) in [5.41, 5.74) is 1.49. The monoisotopic (exact) mass is 576 g/mol. The van der Waals surface area contributed by atoms with Crippen LogP contribution in [-0.4, -0.2) is 66.7 Å². The Bertz CT molecular complexity index is 1410. The first-order valence-electron chi connectivity index (χ1n) is 12.7. The number of anilines is 2. The van der Waals surface area contributed by atoms with Crippen molar-refractivity contribution in [2.75, 3.05) is 43.5 Å². The van der Waals surface area contributed by atoms with Crippen molar-refractivity contribution in [3.05, 3.63) is 61.2 Å².